The van der Waals surface area contributed by atoms with Crippen molar-refractivity contribution in [3.05, 3.63) is 24.8 Å². The Hall–Kier alpha value is -1.05. The molecule has 2 heteroatoms. The van der Waals surface area contributed by atoms with Crippen LogP contribution in [0.2, 0.25) is 0 Å². The molecule has 0 saturated heterocycles. The quantitative estimate of drug-likeness (QED) is 0.198. The molecule has 0 unspecified atom stereocenters. The smallest absolute Gasteiger partial charge is 0.333 e. The monoisotopic (exact) mass is 266 g/mol. The van der Waals surface area contributed by atoms with Crippen LogP contribution in [0.25, 0.3) is 0 Å². The second kappa shape index (κ2) is 13.4. The number of hydrogen-bond acceptors (Lipinski definition) is 2. The number of allylic oxidation sites excluding steroid dienone is 1. The first-order valence-corrected chi connectivity index (χ1v) is 7.62. The van der Waals surface area contributed by atoms with Crippen molar-refractivity contribution in [1.29, 1.82) is 0 Å². The van der Waals surface area contributed by atoms with E-state index < -0.39 is 0 Å². The number of ether oxygens (including phenoxy) is 1. The third-order valence-corrected chi connectivity index (χ3v) is 3.13. The number of rotatable bonds is 13. The SMILES string of the molecule is C=CCCCCCCCCCCCOC(=O)C(=C)C. The summed E-state index contributed by atoms with van der Waals surface area (Å²) in [4.78, 5) is 11.1. The lowest BCUT2D eigenvalue weighted by Gasteiger charge is -2.04. The molecular formula is C17H30O2. The first kappa shape index (κ1) is 17.9. The molecule has 0 aliphatic rings. The van der Waals surface area contributed by atoms with Gasteiger partial charge < -0.3 is 4.74 Å². The number of unbranched alkanes of at least 4 members (excludes halogenated alkanes) is 9. The van der Waals surface area contributed by atoms with Crippen molar-refractivity contribution in [3.63, 3.8) is 0 Å². The number of carbonyl (C=O) groups excluding carboxylic acids is 1. The highest BCUT2D eigenvalue weighted by molar-refractivity contribution is 5.86. The van der Waals surface area contributed by atoms with Crippen LogP contribution in [0.3, 0.4) is 0 Å². The molecule has 0 saturated carbocycles. The zero-order valence-electron chi connectivity index (χ0n) is 12.6. The highest BCUT2D eigenvalue weighted by Crippen LogP contribution is 2.10. The Bertz CT molecular complexity index is 256. The van der Waals surface area contributed by atoms with Gasteiger partial charge in [-0.15, -0.1) is 6.58 Å². The van der Waals surface area contributed by atoms with Crippen molar-refractivity contribution in [2.45, 2.75) is 71.1 Å². The minimum atomic E-state index is -0.264. The molecule has 0 amide bonds. The molecule has 0 aromatic rings. The lowest BCUT2D eigenvalue weighted by Crippen LogP contribution is -2.05. The van der Waals surface area contributed by atoms with E-state index in [0.717, 1.165) is 19.3 Å². The standard InChI is InChI=1S/C17H30O2/c1-4-5-6-7-8-9-10-11-12-13-14-15-19-17(18)16(2)3/h4H,1-2,5-15H2,3H3. The molecule has 19 heavy (non-hydrogen) atoms. The lowest BCUT2D eigenvalue weighted by molar-refractivity contribution is -0.139. The largest absolute Gasteiger partial charge is 0.462 e. The van der Waals surface area contributed by atoms with E-state index in [0.29, 0.717) is 12.2 Å². The summed E-state index contributed by atoms with van der Waals surface area (Å²) in [7, 11) is 0. The van der Waals surface area contributed by atoms with Crippen molar-refractivity contribution < 1.29 is 9.53 Å². The Morgan fingerprint density at radius 3 is 1.89 bits per heavy atom. The van der Waals surface area contributed by atoms with E-state index in [4.69, 9.17) is 4.74 Å². The van der Waals surface area contributed by atoms with E-state index in [-0.39, 0.29) is 5.97 Å². The van der Waals surface area contributed by atoms with Crippen LogP contribution in [0.15, 0.2) is 24.8 Å². The van der Waals surface area contributed by atoms with Gasteiger partial charge >= 0.3 is 5.97 Å². The summed E-state index contributed by atoms with van der Waals surface area (Å²) in [6.07, 6.45) is 14.5. The van der Waals surface area contributed by atoms with E-state index in [2.05, 4.69) is 13.2 Å². The van der Waals surface area contributed by atoms with Crippen LogP contribution in [-0.4, -0.2) is 12.6 Å². The molecule has 0 N–H and O–H groups in total. The Morgan fingerprint density at radius 1 is 0.947 bits per heavy atom. The molecule has 0 heterocycles. The molecule has 0 aromatic heterocycles. The molecule has 0 aliphatic heterocycles. The van der Waals surface area contributed by atoms with Crippen molar-refractivity contribution in [2.24, 2.45) is 0 Å². The van der Waals surface area contributed by atoms with Crippen LogP contribution in [0.4, 0.5) is 0 Å². The molecule has 110 valence electrons. The first-order valence-electron chi connectivity index (χ1n) is 7.62. The van der Waals surface area contributed by atoms with E-state index in [1.54, 1.807) is 6.92 Å². The maximum absolute atomic E-state index is 11.1. The van der Waals surface area contributed by atoms with E-state index in [1.165, 1.54) is 44.9 Å². The summed E-state index contributed by atoms with van der Waals surface area (Å²) in [5.74, 6) is -0.264. The van der Waals surface area contributed by atoms with Gasteiger partial charge in [0, 0.05) is 5.57 Å². The molecule has 0 bridgehead atoms. The van der Waals surface area contributed by atoms with Gasteiger partial charge in [0.1, 0.15) is 0 Å². The van der Waals surface area contributed by atoms with Gasteiger partial charge in [0.2, 0.25) is 0 Å². The van der Waals surface area contributed by atoms with Crippen LogP contribution >= 0.6 is 0 Å². The molecule has 0 fully saturated rings. The van der Waals surface area contributed by atoms with Gasteiger partial charge in [-0.2, -0.15) is 0 Å². The highest BCUT2D eigenvalue weighted by atomic mass is 16.5. The fourth-order valence-corrected chi connectivity index (χ4v) is 1.92. The summed E-state index contributed by atoms with van der Waals surface area (Å²) < 4.78 is 5.04. The molecular weight excluding hydrogens is 236 g/mol. The molecule has 0 rings (SSSR count). The maximum atomic E-state index is 11.1. The summed E-state index contributed by atoms with van der Waals surface area (Å²) in [5.41, 5.74) is 0.483. The van der Waals surface area contributed by atoms with E-state index >= 15 is 0 Å². The second-order valence-electron chi connectivity index (χ2n) is 5.18. The van der Waals surface area contributed by atoms with Gasteiger partial charge in [-0.05, 0) is 26.2 Å². The number of carbonyl (C=O) groups is 1. The average Bonchev–Trinajstić information content (AvgIpc) is 2.39. The van der Waals surface area contributed by atoms with Gasteiger partial charge in [-0.3, -0.25) is 0 Å². The van der Waals surface area contributed by atoms with Gasteiger partial charge in [0.15, 0.2) is 0 Å². The van der Waals surface area contributed by atoms with Gasteiger partial charge in [-0.1, -0.05) is 57.6 Å². The summed E-state index contributed by atoms with van der Waals surface area (Å²) >= 11 is 0. The normalized spacial score (nSPS) is 10.2. The number of esters is 1. The molecule has 2 nitrogen and oxygen atoms in total. The second-order valence-corrected chi connectivity index (χ2v) is 5.18. The predicted octanol–water partition coefficient (Wildman–Crippen LogP) is 5.19. The molecule has 0 radical (unpaired) electrons. The summed E-state index contributed by atoms with van der Waals surface area (Å²) in [6, 6.07) is 0. The van der Waals surface area contributed by atoms with Crippen LogP contribution in [0, 0.1) is 0 Å². The fraction of sp³-hybridized carbons (Fsp3) is 0.706. The van der Waals surface area contributed by atoms with E-state index in [9.17, 15) is 4.79 Å². The van der Waals surface area contributed by atoms with E-state index in [1.807, 2.05) is 6.08 Å². The molecule has 0 atom stereocenters. The topological polar surface area (TPSA) is 26.3 Å². The van der Waals surface area contributed by atoms with Gasteiger partial charge in [-0.25, -0.2) is 4.79 Å². The average molecular weight is 266 g/mol. The van der Waals surface area contributed by atoms with Crippen LogP contribution in [0.1, 0.15) is 71.1 Å². The summed E-state index contributed by atoms with van der Waals surface area (Å²) in [5, 5.41) is 0. The molecule has 0 spiro atoms. The summed E-state index contributed by atoms with van der Waals surface area (Å²) in [6.45, 7) is 9.49. The Kier molecular flexibility index (Phi) is 12.6. The highest BCUT2D eigenvalue weighted by Gasteiger charge is 2.01. The van der Waals surface area contributed by atoms with Crippen molar-refractivity contribution in [2.75, 3.05) is 6.61 Å². The third-order valence-electron chi connectivity index (χ3n) is 3.13. The van der Waals surface area contributed by atoms with Crippen molar-refractivity contribution >= 4 is 5.97 Å². The Labute approximate surface area is 118 Å². The lowest BCUT2D eigenvalue weighted by atomic mass is 10.1. The first-order chi connectivity index (χ1) is 9.18. The van der Waals surface area contributed by atoms with Crippen LogP contribution in [0.5, 0.6) is 0 Å². The predicted molar refractivity (Wildman–Crippen MR) is 82.1 cm³/mol. The molecule has 0 aliphatic carbocycles. The molecule has 0 aromatic carbocycles. The maximum Gasteiger partial charge on any atom is 0.333 e. The zero-order chi connectivity index (χ0) is 14.3. The Morgan fingerprint density at radius 2 is 1.42 bits per heavy atom. The van der Waals surface area contributed by atoms with Crippen molar-refractivity contribution in [3.8, 4) is 0 Å². The van der Waals surface area contributed by atoms with Crippen molar-refractivity contribution in [1.82, 2.24) is 0 Å². The minimum Gasteiger partial charge on any atom is -0.462 e. The minimum absolute atomic E-state index is 0.264. The van der Waals surface area contributed by atoms with Crippen LogP contribution in [-0.2, 0) is 9.53 Å². The number of hydrogen-bond donors (Lipinski definition) is 0. The van der Waals surface area contributed by atoms with Gasteiger partial charge in [0.05, 0.1) is 6.61 Å². The third kappa shape index (κ3) is 13.2. The van der Waals surface area contributed by atoms with Crippen LogP contribution < -0.4 is 0 Å². The zero-order valence-corrected chi connectivity index (χ0v) is 12.6. The van der Waals surface area contributed by atoms with Gasteiger partial charge in [0.25, 0.3) is 0 Å². The Balaban J connectivity index is 3.09. The fourth-order valence-electron chi connectivity index (χ4n) is 1.92.